The van der Waals surface area contributed by atoms with Crippen LogP contribution in [-0.2, 0) is 28.2 Å². The van der Waals surface area contributed by atoms with Crippen LogP contribution >= 0.6 is 7.82 Å². The number of hydrogen-bond acceptors (Lipinski definition) is 6. The first-order chi connectivity index (χ1) is 23.5. The molecule has 0 saturated carbocycles. The summed E-state index contributed by atoms with van der Waals surface area (Å²) in [6.45, 7) is 8.37. The minimum Gasteiger partial charge on any atom is -0.462 e. The Balaban J connectivity index is 3.87. The molecular formula is C40H79O8P. The molecule has 0 fully saturated rings. The van der Waals surface area contributed by atoms with E-state index in [2.05, 4.69) is 32.2 Å². The maximum Gasteiger partial charge on any atom is 0.469 e. The van der Waals surface area contributed by atoms with Gasteiger partial charge in [0.1, 0.15) is 6.61 Å². The summed E-state index contributed by atoms with van der Waals surface area (Å²) in [5.74, 6) is 0.769. The molecule has 0 aromatic carbocycles. The van der Waals surface area contributed by atoms with Crippen molar-refractivity contribution in [1.82, 2.24) is 0 Å². The van der Waals surface area contributed by atoms with Crippen molar-refractivity contribution in [1.29, 1.82) is 0 Å². The first-order valence-electron chi connectivity index (χ1n) is 20.5. The van der Waals surface area contributed by atoms with E-state index in [1.54, 1.807) is 0 Å². The van der Waals surface area contributed by atoms with Crippen LogP contribution in [0.4, 0.5) is 0 Å². The van der Waals surface area contributed by atoms with E-state index < -0.39 is 32.5 Å². The van der Waals surface area contributed by atoms with E-state index in [0.717, 1.165) is 50.4 Å². The molecular weight excluding hydrogens is 639 g/mol. The summed E-state index contributed by atoms with van der Waals surface area (Å²) in [5.41, 5.74) is 0. The first kappa shape index (κ1) is 48.0. The zero-order chi connectivity index (χ0) is 36.4. The van der Waals surface area contributed by atoms with Crippen LogP contribution in [0.1, 0.15) is 214 Å². The molecule has 0 saturated heterocycles. The summed E-state index contributed by atoms with van der Waals surface area (Å²) < 4.78 is 26.4. The number of phosphoric ester groups is 1. The Morgan fingerprint density at radius 3 is 1.10 bits per heavy atom. The van der Waals surface area contributed by atoms with Gasteiger partial charge >= 0.3 is 19.8 Å². The summed E-state index contributed by atoms with van der Waals surface area (Å²) in [7, 11) is -4.74. The van der Waals surface area contributed by atoms with Gasteiger partial charge in [0.2, 0.25) is 0 Å². The Hall–Kier alpha value is -0.950. The summed E-state index contributed by atoms with van der Waals surface area (Å²) in [5, 5.41) is 0. The number of carbonyl (C=O) groups is 2. The van der Waals surface area contributed by atoms with E-state index in [4.69, 9.17) is 19.3 Å². The Morgan fingerprint density at radius 1 is 0.469 bits per heavy atom. The van der Waals surface area contributed by atoms with Gasteiger partial charge in [0, 0.05) is 12.8 Å². The van der Waals surface area contributed by atoms with Gasteiger partial charge in [0.25, 0.3) is 0 Å². The molecule has 0 aliphatic rings. The van der Waals surface area contributed by atoms with Crippen LogP contribution in [0.25, 0.3) is 0 Å². The number of hydrogen-bond donors (Lipinski definition) is 2. The normalized spacial score (nSPS) is 12.6. The molecule has 0 rings (SSSR count). The Bertz CT molecular complexity index is 797. The van der Waals surface area contributed by atoms with Crippen molar-refractivity contribution in [2.75, 3.05) is 13.2 Å². The fourth-order valence-electron chi connectivity index (χ4n) is 6.16. The van der Waals surface area contributed by atoms with Crippen LogP contribution in [0.2, 0.25) is 0 Å². The average Bonchev–Trinajstić information content (AvgIpc) is 3.03. The van der Waals surface area contributed by atoms with Crippen molar-refractivity contribution in [3.8, 4) is 0 Å². The van der Waals surface area contributed by atoms with Gasteiger partial charge in [-0.3, -0.25) is 14.1 Å². The van der Waals surface area contributed by atoms with Crippen LogP contribution in [0, 0.1) is 11.8 Å². The second-order valence-corrected chi connectivity index (χ2v) is 16.5. The molecule has 9 heteroatoms. The Kier molecular flexibility index (Phi) is 33.5. The highest BCUT2D eigenvalue weighted by molar-refractivity contribution is 7.46. The minimum atomic E-state index is -4.74. The monoisotopic (exact) mass is 719 g/mol. The highest BCUT2D eigenvalue weighted by Gasteiger charge is 2.23. The minimum absolute atomic E-state index is 0.218. The number of rotatable bonds is 37. The number of unbranched alkanes of at least 4 members (excludes halogenated alkanes) is 23. The van der Waals surface area contributed by atoms with Gasteiger partial charge in [-0.05, 0) is 24.7 Å². The predicted molar refractivity (Wildman–Crippen MR) is 202 cm³/mol. The molecule has 0 bridgehead atoms. The SMILES string of the molecule is CC(C)CCCCCCCCCCCCCCCCC(=O)OC[C@H](COP(=O)(O)O)OC(=O)CCCCCCCCCCCCCC(C)C. The van der Waals surface area contributed by atoms with Gasteiger partial charge < -0.3 is 19.3 Å². The third-order valence-electron chi connectivity index (χ3n) is 9.23. The second kappa shape index (κ2) is 34.2. The summed E-state index contributed by atoms with van der Waals surface area (Å²) in [6, 6.07) is 0. The highest BCUT2D eigenvalue weighted by atomic mass is 31.2. The molecule has 0 heterocycles. The Morgan fingerprint density at radius 2 is 0.776 bits per heavy atom. The van der Waals surface area contributed by atoms with Crippen molar-refractivity contribution < 1.29 is 37.9 Å². The van der Waals surface area contributed by atoms with Crippen molar-refractivity contribution in [2.45, 2.75) is 220 Å². The largest absolute Gasteiger partial charge is 0.469 e. The average molecular weight is 719 g/mol. The fourth-order valence-corrected chi connectivity index (χ4v) is 6.52. The molecule has 0 unspecified atom stereocenters. The topological polar surface area (TPSA) is 119 Å². The van der Waals surface area contributed by atoms with Gasteiger partial charge in [-0.25, -0.2) is 4.57 Å². The lowest BCUT2D eigenvalue weighted by molar-refractivity contribution is -0.161. The predicted octanol–water partition coefficient (Wildman–Crippen LogP) is 12.2. The van der Waals surface area contributed by atoms with E-state index in [9.17, 15) is 14.2 Å². The van der Waals surface area contributed by atoms with Gasteiger partial charge in [0.05, 0.1) is 6.61 Å². The molecule has 0 aromatic heterocycles. The molecule has 8 nitrogen and oxygen atoms in total. The van der Waals surface area contributed by atoms with E-state index in [1.165, 1.54) is 128 Å². The highest BCUT2D eigenvalue weighted by Crippen LogP contribution is 2.36. The van der Waals surface area contributed by atoms with Gasteiger partial charge in [-0.1, -0.05) is 188 Å². The van der Waals surface area contributed by atoms with Crippen LogP contribution in [0.3, 0.4) is 0 Å². The van der Waals surface area contributed by atoms with E-state index in [0.29, 0.717) is 6.42 Å². The van der Waals surface area contributed by atoms with Crippen molar-refractivity contribution in [3.05, 3.63) is 0 Å². The number of esters is 2. The Labute approximate surface area is 302 Å². The standard InChI is InChI=1S/C40H79O8P/c1-36(2)30-26-22-18-14-10-7-5-6-8-12-16-20-24-28-32-39(41)46-34-38(35-47-49(43,44)45)48-40(42)33-29-25-21-17-13-9-11-15-19-23-27-31-37(3)4/h36-38H,5-35H2,1-4H3,(H2,43,44,45)/t38-/m1/s1. The molecule has 0 aliphatic heterocycles. The van der Waals surface area contributed by atoms with Crippen molar-refractivity contribution in [3.63, 3.8) is 0 Å². The molecule has 0 aromatic rings. The van der Waals surface area contributed by atoms with E-state index in [1.807, 2.05) is 0 Å². The molecule has 1 atom stereocenters. The lowest BCUT2D eigenvalue weighted by Crippen LogP contribution is -2.29. The van der Waals surface area contributed by atoms with Crippen LogP contribution in [-0.4, -0.2) is 41.0 Å². The molecule has 0 aliphatic carbocycles. The molecule has 2 N–H and O–H groups in total. The lowest BCUT2D eigenvalue weighted by Gasteiger charge is -2.18. The van der Waals surface area contributed by atoms with Crippen LogP contribution < -0.4 is 0 Å². The smallest absolute Gasteiger partial charge is 0.462 e. The molecule has 0 radical (unpaired) electrons. The third kappa shape index (κ3) is 39.7. The number of ether oxygens (including phenoxy) is 2. The summed E-state index contributed by atoms with van der Waals surface area (Å²) in [6.07, 6.45) is 32.6. The van der Waals surface area contributed by atoms with Crippen molar-refractivity contribution in [2.24, 2.45) is 11.8 Å². The van der Waals surface area contributed by atoms with Gasteiger partial charge in [-0.15, -0.1) is 0 Å². The zero-order valence-electron chi connectivity index (χ0n) is 32.4. The van der Waals surface area contributed by atoms with Crippen LogP contribution in [0.15, 0.2) is 0 Å². The maximum atomic E-state index is 12.4. The molecule has 49 heavy (non-hydrogen) atoms. The summed E-state index contributed by atoms with van der Waals surface area (Å²) >= 11 is 0. The van der Waals surface area contributed by atoms with E-state index in [-0.39, 0.29) is 19.4 Å². The van der Waals surface area contributed by atoms with Gasteiger partial charge in [0.15, 0.2) is 6.10 Å². The first-order valence-corrected chi connectivity index (χ1v) is 22.1. The molecule has 0 spiro atoms. The van der Waals surface area contributed by atoms with Crippen LogP contribution in [0.5, 0.6) is 0 Å². The second-order valence-electron chi connectivity index (χ2n) is 15.3. The van der Waals surface area contributed by atoms with Gasteiger partial charge in [-0.2, -0.15) is 0 Å². The quantitative estimate of drug-likeness (QED) is 0.0370. The fraction of sp³-hybridized carbons (Fsp3) is 0.950. The van der Waals surface area contributed by atoms with E-state index >= 15 is 0 Å². The molecule has 0 amide bonds. The number of carbonyl (C=O) groups excluding carboxylic acids is 2. The summed E-state index contributed by atoms with van der Waals surface area (Å²) in [4.78, 5) is 42.8. The third-order valence-corrected chi connectivity index (χ3v) is 9.72. The molecule has 292 valence electrons. The number of phosphoric acid groups is 1. The maximum absolute atomic E-state index is 12.4. The lowest BCUT2D eigenvalue weighted by atomic mass is 10.0. The zero-order valence-corrected chi connectivity index (χ0v) is 33.3. The van der Waals surface area contributed by atoms with Crippen molar-refractivity contribution >= 4 is 19.8 Å².